The van der Waals surface area contributed by atoms with Crippen molar-refractivity contribution in [1.29, 1.82) is 0 Å². The third kappa shape index (κ3) is 1.41. The lowest BCUT2D eigenvalue weighted by Crippen LogP contribution is -1.99. The maximum atomic E-state index is 5.48. The fraction of sp³-hybridized carbons (Fsp3) is 1.00. The summed E-state index contributed by atoms with van der Waals surface area (Å²) in [6.07, 6.45) is 1.55. The van der Waals surface area contributed by atoms with Crippen LogP contribution >= 0.6 is 31.9 Å². The standard InChI is InChI=1S/C7H12Br2O/c1-3-5-6(10-4-2)7(5,8)9/h5-6H,3-4H2,1-2H3. The van der Waals surface area contributed by atoms with Gasteiger partial charge in [-0.05, 0) is 13.3 Å². The van der Waals surface area contributed by atoms with Crippen molar-refractivity contribution < 1.29 is 4.74 Å². The van der Waals surface area contributed by atoms with Crippen molar-refractivity contribution in [2.75, 3.05) is 6.61 Å². The number of alkyl halides is 2. The van der Waals surface area contributed by atoms with Crippen LogP contribution in [0, 0.1) is 5.92 Å². The molecule has 1 nitrogen and oxygen atoms in total. The van der Waals surface area contributed by atoms with E-state index in [1.807, 2.05) is 6.92 Å². The monoisotopic (exact) mass is 270 g/mol. The Balaban J connectivity index is 2.37. The van der Waals surface area contributed by atoms with Crippen LogP contribution in [0.4, 0.5) is 0 Å². The predicted molar refractivity (Wildman–Crippen MR) is 49.8 cm³/mol. The van der Waals surface area contributed by atoms with Crippen LogP contribution in [0.3, 0.4) is 0 Å². The molecule has 1 saturated carbocycles. The second-order valence-corrected chi connectivity index (χ2v) is 6.25. The zero-order valence-electron chi connectivity index (χ0n) is 6.23. The van der Waals surface area contributed by atoms with E-state index in [1.165, 1.54) is 6.42 Å². The van der Waals surface area contributed by atoms with Crippen LogP contribution in [0.15, 0.2) is 0 Å². The SMILES string of the molecule is CCOC1C(CC)C1(Br)Br. The summed E-state index contributed by atoms with van der Waals surface area (Å²) in [5.41, 5.74) is 0. The van der Waals surface area contributed by atoms with E-state index in [1.54, 1.807) is 0 Å². The van der Waals surface area contributed by atoms with Gasteiger partial charge in [0, 0.05) is 12.5 Å². The van der Waals surface area contributed by atoms with Gasteiger partial charge in [0.2, 0.25) is 0 Å². The Hall–Kier alpha value is 0.920. The second-order valence-electron chi connectivity index (χ2n) is 2.57. The summed E-state index contributed by atoms with van der Waals surface area (Å²) >= 11 is 7.14. The average Bonchev–Trinajstić information content (AvgIpc) is 2.36. The molecule has 0 aromatic carbocycles. The molecule has 1 fully saturated rings. The van der Waals surface area contributed by atoms with Gasteiger partial charge in [0.1, 0.15) is 3.23 Å². The zero-order valence-corrected chi connectivity index (χ0v) is 9.41. The second kappa shape index (κ2) is 3.11. The van der Waals surface area contributed by atoms with Crippen molar-refractivity contribution in [2.45, 2.75) is 29.6 Å². The molecule has 2 unspecified atom stereocenters. The van der Waals surface area contributed by atoms with Crippen LogP contribution in [-0.4, -0.2) is 15.9 Å². The van der Waals surface area contributed by atoms with Crippen molar-refractivity contribution >= 4 is 31.9 Å². The first-order valence-corrected chi connectivity index (χ1v) is 5.22. The van der Waals surface area contributed by atoms with E-state index in [0.717, 1.165) is 6.61 Å². The van der Waals surface area contributed by atoms with Crippen molar-refractivity contribution in [3.8, 4) is 0 Å². The molecule has 0 saturated heterocycles. The maximum Gasteiger partial charge on any atom is 0.112 e. The first-order valence-electron chi connectivity index (χ1n) is 3.64. The highest BCUT2D eigenvalue weighted by Gasteiger charge is 2.61. The summed E-state index contributed by atoms with van der Waals surface area (Å²) in [5.74, 6) is 0.646. The number of ether oxygens (including phenoxy) is 1. The summed E-state index contributed by atoms with van der Waals surface area (Å²) in [4.78, 5) is 0. The molecule has 0 aromatic rings. The highest BCUT2D eigenvalue weighted by molar-refractivity contribution is 9.25. The molecule has 0 heterocycles. The number of hydrogen-bond acceptors (Lipinski definition) is 1. The highest BCUT2D eigenvalue weighted by atomic mass is 79.9. The molecule has 2 atom stereocenters. The Labute approximate surface area is 78.8 Å². The van der Waals surface area contributed by atoms with Crippen molar-refractivity contribution in [2.24, 2.45) is 5.92 Å². The summed E-state index contributed by atoms with van der Waals surface area (Å²) in [7, 11) is 0. The molecule has 0 amide bonds. The largest absolute Gasteiger partial charge is 0.376 e. The topological polar surface area (TPSA) is 9.23 Å². The van der Waals surface area contributed by atoms with Crippen LogP contribution in [0.5, 0.6) is 0 Å². The molecule has 1 rings (SSSR count). The maximum absolute atomic E-state index is 5.48. The van der Waals surface area contributed by atoms with Crippen molar-refractivity contribution in [3.05, 3.63) is 0 Å². The third-order valence-electron chi connectivity index (χ3n) is 1.92. The molecular weight excluding hydrogens is 260 g/mol. The summed E-state index contributed by atoms with van der Waals surface area (Å²) in [6, 6.07) is 0. The van der Waals surface area contributed by atoms with Gasteiger partial charge in [0.25, 0.3) is 0 Å². The summed E-state index contributed by atoms with van der Waals surface area (Å²) in [5, 5.41) is 0. The molecule has 1 aliphatic rings. The molecule has 0 radical (unpaired) electrons. The van der Waals surface area contributed by atoms with Crippen LogP contribution < -0.4 is 0 Å². The minimum Gasteiger partial charge on any atom is -0.376 e. The molecule has 0 spiro atoms. The Bertz CT molecular complexity index is 125. The first kappa shape index (κ1) is 9.01. The summed E-state index contributed by atoms with van der Waals surface area (Å²) < 4.78 is 5.57. The molecule has 1 aliphatic carbocycles. The predicted octanol–water partition coefficient (Wildman–Crippen LogP) is 2.92. The molecule has 3 heteroatoms. The lowest BCUT2D eigenvalue weighted by atomic mass is 10.3. The lowest BCUT2D eigenvalue weighted by molar-refractivity contribution is 0.121. The van der Waals surface area contributed by atoms with E-state index in [9.17, 15) is 0 Å². The first-order chi connectivity index (χ1) is 4.64. The summed E-state index contributed by atoms with van der Waals surface area (Å²) in [6.45, 7) is 5.02. The van der Waals surface area contributed by atoms with Gasteiger partial charge < -0.3 is 4.74 Å². The van der Waals surface area contributed by atoms with Crippen LogP contribution in [0.2, 0.25) is 0 Å². The Morgan fingerprint density at radius 2 is 2.00 bits per heavy atom. The lowest BCUT2D eigenvalue weighted by Gasteiger charge is -1.97. The van der Waals surface area contributed by atoms with Crippen LogP contribution in [0.1, 0.15) is 20.3 Å². The zero-order chi connectivity index (χ0) is 7.78. The Morgan fingerprint density at radius 3 is 2.30 bits per heavy atom. The van der Waals surface area contributed by atoms with E-state index in [0.29, 0.717) is 12.0 Å². The smallest absolute Gasteiger partial charge is 0.112 e. The number of halogens is 2. The van der Waals surface area contributed by atoms with Gasteiger partial charge in [0.05, 0.1) is 6.10 Å². The van der Waals surface area contributed by atoms with E-state index < -0.39 is 0 Å². The molecule has 0 bridgehead atoms. The third-order valence-corrected chi connectivity index (χ3v) is 3.99. The fourth-order valence-corrected chi connectivity index (χ4v) is 3.02. The van der Waals surface area contributed by atoms with Gasteiger partial charge in [0.15, 0.2) is 0 Å². The van der Waals surface area contributed by atoms with E-state index in [-0.39, 0.29) is 3.23 Å². The molecular formula is C7H12Br2O. The van der Waals surface area contributed by atoms with Crippen LogP contribution in [-0.2, 0) is 4.74 Å². The fourth-order valence-electron chi connectivity index (χ4n) is 1.25. The molecule has 10 heavy (non-hydrogen) atoms. The quantitative estimate of drug-likeness (QED) is 0.718. The van der Waals surface area contributed by atoms with Gasteiger partial charge >= 0.3 is 0 Å². The Morgan fingerprint density at radius 1 is 1.40 bits per heavy atom. The van der Waals surface area contributed by atoms with Gasteiger partial charge in [-0.25, -0.2) is 0 Å². The highest BCUT2D eigenvalue weighted by Crippen LogP contribution is 2.59. The molecule has 60 valence electrons. The molecule has 0 aromatic heterocycles. The van der Waals surface area contributed by atoms with Gasteiger partial charge in [-0.1, -0.05) is 38.8 Å². The number of hydrogen-bond donors (Lipinski definition) is 0. The van der Waals surface area contributed by atoms with E-state index in [2.05, 4.69) is 38.8 Å². The van der Waals surface area contributed by atoms with Crippen molar-refractivity contribution in [1.82, 2.24) is 0 Å². The molecule has 0 aliphatic heterocycles. The number of rotatable bonds is 3. The van der Waals surface area contributed by atoms with E-state index in [4.69, 9.17) is 4.74 Å². The minimum atomic E-state index is 0.0881. The van der Waals surface area contributed by atoms with Gasteiger partial charge in [-0.2, -0.15) is 0 Å². The average molecular weight is 272 g/mol. The minimum absolute atomic E-state index is 0.0881. The van der Waals surface area contributed by atoms with Gasteiger partial charge in [-0.3, -0.25) is 0 Å². The normalized spacial score (nSPS) is 36.0. The van der Waals surface area contributed by atoms with Gasteiger partial charge in [-0.15, -0.1) is 0 Å². The van der Waals surface area contributed by atoms with E-state index >= 15 is 0 Å². The van der Waals surface area contributed by atoms with Crippen LogP contribution in [0.25, 0.3) is 0 Å². The van der Waals surface area contributed by atoms with Crippen molar-refractivity contribution in [3.63, 3.8) is 0 Å². The molecule has 0 N–H and O–H groups in total. The Kier molecular flexibility index (Phi) is 2.81.